The van der Waals surface area contributed by atoms with Gasteiger partial charge >= 0.3 is 11.8 Å². The molecule has 1 aliphatic rings. The van der Waals surface area contributed by atoms with E-state index in [0.717, 1.165) is 34.2 Å². The van der Waals surface area contributed by atoms with E-state index in [9.17, 15) is 9.59 Å². The quantitative estimate of drug-likeness (QED) is 0.552. The van der Waals surface area contributed by atoms with E-state index in [1.807, 2.05) is 24.3 Å². The molecule has 2 heterocycles. The minimum absolute atomic E-state index is 0.381. The third-order valence-corrected chi connectivity index (χ3v) is 5.09. The Morgan fingerprint density at radius 1 is 1.19 bits per heavy atom. The molecule has 0 spiro atoms. The van der Waals surface area contributed by atoms with E-state index in [-0.39, 0.29) is 0 Å². The Hall–Kier alpha value is -2.52. The number of amides is 2. The second kappa shape index (κ2) is 8.92. The van der Waals surface area contributed by atoms with Crippen LogP contribution in [-0.4, -0.2) is 49.0 Å². The molecule has 144 valence electrons. The first kappa shape index (κ1) is 19.2. The fourth-order valence-corrected chi connectivity index (χ4v) is 3.75. The van der Waals surface area contributed by atoms with Crippen molar-refractivity contribution in [2.45, 2.75) is 17.9 Å². The zero-order valence-corrected chi connectivity index (χ0v) is 16.1. The van der Waals surface area contributed by atoms with Crippen LogP contribution >= 0.6 is 11.8 Å². The number of carbonyl (C=O) groups excluding carboxylic acids is 2. The molecule has 0 saturated carbocycles. The summed E-state index contributed by atoms with van der Waals surface area (Å²) in [6.07, 6.45) is 0.644. The topological polar surface area (TPSA) is 94.5 Å². The van der Waals surface area contributed by atoms with Gasteiger partial charge in [-0.05, 0) is 30.7 Å². The molecule has 1 aromatic carbocycles. The van der Waals surface area contributed by atoms with Crippen molar-refractivity contribution >= 4 is 29.4 Å². The number of methoxy groups -OCH3 is 2. The molecule has 3 rings (SSSR count). The van der Waals surface area contributed by atoms with Crippen LogP contribution in [0.5, 0.6) is 5.75 Å². The first-order chi connectivity index (χ1) is 13.1. The van der Waals surface area contributed by atoms with Gasteiger partial charge in [0.15, 0.2) is 0 Å². The van der Waals surface area contributed by atoms with Crippen molar-refractivity contribution in [1.29, 1.82) is 0 Å². The molecule has 0 bridgehead atoms. The van der Waals surface area contributed by atoms with Crippen LogP contribution in [0.25, 0.3) is 5.69 Å². The summed E-state index contributed by atoms with van der Waals surface area (Å²) in [6.45, 7) is 0.905. The number of nitrogens with one attached hydrogen (secondary N) is 2. The molecule has 8 nitrogen and oxygen atoms in total. The van der Waals surface area contributed by atoms with Gasteiger partial charge in [0.05, 0.1) is 18.5 Å². The van der Waals surface area contributed by atoms with Gasteiger partial charge in [-0.25, -0.2) is 4.68 Å². The maximum atomic E-state index is 12.3. The largest absolute Gasteiger partial charge is 0.497 e. The molecule has 0 fully saturated rings. The number of fused-ring (bicyclic) bond motifs is 1. The van der Waals surface area contributed by atoms with Crippen molar-refractivity contribution in [1.82, 2.24) is 15.1 Å². The van der Waals surface area contributed by atoms with Crippen molar-refractivity contribution in [3.8, 4) is 11.4 Å². The van der Waals surface area contributed by atoms with E-state index in [2.05, 4.69) is 15.7 Å². The van der Waals surface area contributed by atoms with E-state index in [0.29, 0.717) is 25.4 Å². The minimum atomic E-state index is -0.707. The van der Waals surface area contributed by atoms with Gasteiger partial charge in [0, 0.05) is 37.3 Å². The zero-order valence-electron chi connectivity index (χ0n) is 15.3. The Bertz CT molecular complexity index is 820. The third kappa shape index (κ3) is 4.42. The number of hydrogen-bond acceptors (Lipinski definition) is 6. The minimum Gasteiger partial charge on any atom is -0.497 e. The maximum absolute atomic E-state index is 12.3. The second-order valence-electron chi connectivity index (χ2n) is 5.93. The summed E-state index contributed by atoms with van der Waals surface area (Å²) in [5.74, 6) is 1.42. The van der Waals surface area contributed by atoms with Crippen LogP contribution in [0.4, 0.5) is 5.82 Å². The molecule has 9 heteroatoms. The van der Waals surface area contributed by atoms with Crippen LogP contribution < -0.4 is 15.4 Å². The number of hydrogen-bond donors (Lipinski definition) is 2. The molecule has 2 N–H and O–H groups in total. The Balaban J connectivity index is 1.77. The summed E-state index contributed by atoms with van der Waals surface area (Å²) in [5.41, 5.74) is 2.66. The van der Waals surface area contributed by atoms with Crippen molar-refractivity contribution in [3.05, 3.63) is 35.5 Å². The summed E-state index contributed by atoms with van der Waals surface area (Å²) < 4.78 is 11.8. The predicted octanol–water partition coefficient (Wildman–Crippen LogP) is 1.72. The Kier molecular flexibility index (Phi) is 6.36. The Morgan fingerprint density at radius 3 is 2.67 bits per heavy atom. The molecule has 0 atom stereocenters. The molecule has 0 aliphatic carbocycles. The molecule has 1 aromatic heterocycles. The van der Waals surface area contributed by atoms with Crippen LogP contribution in [0, 0.1) is 0 Å². The first-order valence-electron chi connectivity index (χ1n) is 8.55. The highest BCUT2D eigenvalue weighted by molar-refractivity contribution is 7.98. The van der Waals surface area contributed by atoms with E-state index < -0.39 is 11.8 Å². The summed E-state index contributed by atoms with van der Waals surface area (Å²) in [4.78, 5) is 24.4. The van der Waals surface area contributed by atoms with Crippen molar-refractivity contribution < 1.29 is 19.1 Å². The number of anilines is 1. The highest BCUT2D eigenvalue weighted by Crippen LogP contribution is 2.36. The Labute approximate surface area is 161 Å². The molecule has 0 saturated heterocycles. The highest BCUT2D eigenvalue weighted by atomic mass is 32.2. The monoisotopic (exact) mass is 390 g/mol. The molecular weight excluding hydrogens is 368 g/mol. The summed E-state index contributed by atoms with van der Waals surface area (Å²) in [6, 6.07) is 7.36. The number of thioether (sulfide) groups is 1. The van der Waals surface area contributed by atoms with Crippen molar-refractivity contribution in [3.63, 3.8) is 0 Å². The number of nitrogens with zero attached hydrogens (tertiary/aromatic N) is 2. The smallest absolute Gasteiger partial charge is 0.314 e. The summed E-state index contributed by atoms with van der Waals surface area (Å²) >= 11 is 1.73. The average molecular weight is 390 g/mol. The fourth-order valence-electron chi connectivity index (χ4n) is 2.71. The van der Waals surface area contributed by atoms with Gasteiger partial charge < -0.3 is 20.1 Å². The van der Waals surface area contributed by atoms with Crippen LogP contribution in [0.15, 0.2) is 24.3 Å². The standard InChI is InChI=1S/C18H22N4O4S/c1-25-9-3-8-19-17(23)18(24)20-16-14-10-27-11-15(14)21-22(16)12-4-6-13(26-2)7-5-12/h4-7H,3,8-11H2,1-2H3,(H,19,23)(H,20,24). The Morgan fingerprint density at radius 2 is 1.96 bits per heavy atom. The third-order valence-electron chi connectivity index (χ3n) is 4.12. The molecule has 0 unspecified atom stereocenters. The normalized spacial score (nSPS) is 12.5. The van der Waals surface area contributed by atoms with Gasteiger partial charge in [-0.1, -0.05) is 0 Å². The number of ether oxygens (including phenoxy) is 2. The summed E-state index contributed by atoms with van der Waals surface area (Å²) in [5, 5.41) is 9.93. The lowest BCUT2D eigenvalue weighted by Gasteiger charge is -2.11. The van der Waals surface area contributed by atoms with E-state index >= 15 is 0 Å². The van der Waals surface area contributed by atoms with Gasteiger partial charge in [0.1, 0.15) is 11.6 Å². The van der Waals surface area contributed by atoms with Crippen LogP contribution in [0.1, 0.15) is 17.7 Å². The van der Waals surface area contributed by atoms with Crippen molar-refractivity contribution in [2.75, 3.05) is 32.7 Å². The van der Waals surface area contributed by atoms with Gasteiger partial charge in [0.25, 0.3) is 0 Å². The number of rotatable bonds is 7. The first-order valence-corrected chi connectivity index (χ1v) is 9.70. The lowest BCUT2D eigenvalue weighted by Crippen LogP contribution is -2.36. The van der Waals surface area contributed by atoms with Gasteiger partial charge in [-0.15, -0.1) is 0 Å². The lowest BCUT2D eigenvalue weighted by atomic mass is 10.2. The van der Waals surface area contributed by atoms with Gasteiger partial charge in [-0.2, -0.15) is 16.9 Å². The molecule has 27 heavy (non-hydrogen) atoms. The lowest BCUT2D eigenvalue weighted by molar-refractivity contribution is -0.136. The highest BCUT2D eigenvalue weighted by Gasteiger charge is 2.26. The van der Waals surface area contributed by atoms with E-state index in [1.54, 1.807) is 30.7 Å². The fraction of sp³-hybridized carbons (Fsp3) is 0.389. The van der Waals surface area contributed by atoms with Gasteiger partial charge in [-0.3, -0.25) is 9.59 Å². The number of aromatic nitrogens is 2. The number of benzene rings is 1. The molecule has 2 amide bonds. The summed E-state index contributed by atoms with van der Waals surface area (Å²) in [7, 11) is 3.19. The predicted molar refractivity (Wildman–Crippen MR) is 103 cm³/mol. The van der Waals surface area contributed by atoms with E-state index in [4.69, 9.17) is 9.47 Å². The molecular formula is C18H22N4O4S. The SMILES string of the molecule is COCCCNC(=O)C(=O)Nc1c2c(nn1-c1ccc(OC)cc1)CSC2. The van der Waals surface area contributed by atoms with Crippen LogP contribution in [0.3, 0.4) is 0 Å². The number of carbonyl (C=O) groups is 2. The van der Waals surface area contributed by atoms with Gasteiger partial charge in [0.2, 0.25) is 0 Å². The van der Waals surface area contributed by atoms with Crippen LogP contribution in [-0.2, 0) is 25.8 Å². The van der Waals surface area contributed by atoms with E-state index in [1.165, 1.54) is 0 Å². The van der Waals surface area contributed by atoms with Crippen molar-refractivity contribution in [2.24, 2.45) is 0 Å². The maximum Gasteiger partial charge on any atom is 0.314 e. The molecule has 2 aromatic rings. The molecule has 1 aliphatic heterocycles. The zero-order chi connectivity index (χ0) is 19.2. The second-order valence-corrected chi connectivity index (χ2v) is 6.92. The molecule has 0 radical (unpaired) electrons. The average Bonchev–Trinajstić information content (AvgIpc) is 3.27. The van der Waals surface area contributed by atoms with Crippen LogP contribution in [0.2, 0.25) is 0 Å².